The molecule has 2 aliphatic rings. The number of ether oxygens (including phenoxy) is 1. The highest BCUT2D eigenvalue weighted by atomic mass is 32.1. The first-order valence-corrected chi connectivity index (χ1v) is 8.27. The topological polar surface area (TPSA) is 41.6 Å². The van der Waals surface area contributed by atoms with E-state index in [-0.39, 0.29) is 11.8 Å². The summed E-state index contributed by atoms with van der Waals surface area (Å²) in [4.78, 5) is 14.3. The molecule has 0 aliphatic carbocycles. The fraction of sp³-hybridized carbons (Fsp3) is 0.667. The number of fused-ring (bicyclic) bond motifs is 1. The quantitative estimate of drug-likeness (QED) is 0.923. The third-order valence-electron chi connectivity index (χ3n) is 4.45. The van der Waals surface area contributed by atoms with Gasteiger partial charge in [0.2, 0.25) is 5.91 Å². The fourth-order valence-electron chi connectivity index (χ4n) is 3.38. The Hall–Kier alpha value is -0.910. The molecular weight excluding hydrogens is 272 g/mol. The molecule has 1 aromatic rings. The maximum atomic E-state index is 11.8. The van der Waals surface area contributed by atoms with Crippen molar-refractivity contribution in [2.75, 3.05) is 26.7 Å². The zero-order valence-corrected chi connectivity index (χ0v) is 12.7. The first kappa shape index (κ1) is 14.0. The van der Waals surface area contributed by atoms with Crippen LogP contribution in [-0.2, 0) is 16.1 Å². The predicted octanol–water partition coefficient (Wildman–Crippen LogP) is 1.72. The summed E-state index contributed by atoms with van der Waals surface area (Å²) < 4.78 is 5.92. The lowest BCUT2D eigenvalue weighted by atomic mass is 9.83. The van der Waals surface area contributed by atoms with Gasteiger partial charge in [0.15, 0.2) is 0 Å². The summed E-state index contributed by atoms with van der Waals surface area (Å²) in [6.07, 6.45) is 2.41. The Morgan fingerprint density at radius 2 is 2.50 bits per heavy atom. The Bertz CT molecular complexity index is 449. The van der Waals surface area contributed by atoms with E-state index in [0.29, 0.717) is 18.6 Å². The highest BCUT2D eigenvalue weighted by molar-refractivity contribution is 7.07. The van der Waals surface area contributed by atoms with Crippen molar-refractivity contribution >= 4 is 17.2 Å². The van der Waals surface area contributed by atoms with Gasteiger partial charge >= 0.3 is 0 Å². The fourth-order valence-corrected chi connectivity index (χ4v) is 4.04. The Morgan fingerprint density at radius 1 is 1.60 bits per heavy atom. The number of hydrogen-bond acceptors (Lipinski definition) is 4. The van der Waals surface area contributed by atoms with E-state index in [9.17, 15) is 4.79 Å². The third-order valence-corrected chi connectivity index (χ3v) is 5.18. The maximum absolute atomic E-state index is 11.8. The molecule has 0 bridgehead atoms. The van der Waals surface area contributed by atoms with Crippen LogP contribution in [0.5, 0.6) is 0 Å². The van der Waals surface area contributed by atoms with Gasteiger partial charge in [-0.05, 0) is 41.1 Å². The molecular formula is C15H22N2O2S. The second-order valence-electron chi connectivity index (χ2n) is 5.83. The van der Waals surface area contributed by atoms with Crippen molar-refractivity contribution in [3.63, 3.8) is 0 Å². The number of carbonyl (C=O) groups excluding carboxylic acids is 1. The third kappa shape index (κ3) is 3.05. The molecule has 4 nitrogen and oxygen atoms in total. The van der Waals surface area contributed by atoms with E-state index in [4.69, 9.17) is 4.74 Å². The van der Waals surface area contributed by atoms with Crippen molar-refractivity contribution in [1.82, 2.24) is 10.2 Å². The second-order valence-corrected chi connectivity index (χ2v) is 6.61. The number of amides is 1. The van der Waals surface area contributed by atoms with Gasteiger partial charge in [0, 0.05) is 26.7 Å². The van der Waals surface area contributed by atoms with E-state index < -0.39 is 0 Å². The van der Waals surface area contributed by atoms with Gasteiger partial charge < -0.3 is 10.1 Å². The Labute approximate surface area is 124 Å². The van der Waals surface area contributed by atoms with Crippen molar-refractivity contribution in [2.24, 2.45) is 11.8 Å². The van der Waals surface area contributed by atoms with Crippen molar-refractivity contribution in [3.8, 4) is 0 Å². The van der Waals surface area contributed by atoms with Gasteiger partial charge in [-0.25, -0.2) is 0 Å². The van der Waals surface area contributed by atoms with Gasteiger partial charge in [0.05, 0.1) is 18.6 Å². The molecule has 2 aliphatic heterocycles. The van der Waals surface area contributed by atoms with Crippen LogP contribution >= 0.6 is 11.3 Å². The second kappa shape index (κ2) is 6.24. The van der Waals surface area contributed by atoms with E-state index in [2.05, 4.69) is 27.0 Å². The van der Waals surface area contributed by atoms with Gasteiger partial charge in [0.1, 0.15) is 0 Å². The number of nitrogens with one attached hydrogen (secondary N) is 1. The summed E-state index contributed by atoms with van der Waals surface area (Å²) in [5, 5.41) is 7.10. The molecule has 1 aromatic heterocycles. The number of carbonyl (C=O) groups is 1. The molecule has 1 N–H and O–H groups in total. The Balaban J connectivity index is 1.58. The molecule has 3 atom stereocenters. The van der Waals surface area contributed by atoms with E-state index in [1.54, 1.807) is 18.4 Å². The van der Waals surface area contributed by atoms with Gasteiger partial charge in [-0.2, -0.15) is 11.3 Å². The molecule has 3 rings (SSSR count). The first-order valence-electron chi connectivity index (χ1n) is 7.33. The van der Waals surface area contributed by atoms with Crippen LogP contribution in [0.2, 0.25) is 0 Å². The molecule has 0 unspecified atom stereocenters. The standard InChI is InChI=1S/C15H22N2O2S/c1-16-15(18)13-6-12-8-17(4-2-14(12)19-9-13)7-11-3-5-20-10-11/h3,5,10,12-14H,2,4,6-9H2,1H3,(H,16,18)/t12-,13-,14+/m0/s1. The minimum Gasteiger partial charge on any atom is -0.377 e. The van der Waals surface area contributed by atoms with Crippen molar-refractivity contribution < 1.29 is 9.53 Å². The van der Waals surface area contributed by atoms with Crippen LogP contribution in [0.4, 0.5) is 0 Å². The summed E-state index contributed by atoms with van der Waals surface area (Å²) in [5.74, 6) is 0.652. The average Bonchev–Trinajstić information content (AvgIpc) is 2.98. The lowest BCUT2D eigenvalue weighted by molar-refractivity contribution is -0.138. The Morgan fingerprint density at radius 3 is 3.25 bits per heavy atom. The van der Waals surface area contributed by atoms with Gasteiger partial charge in [-0.3, -0.25) is 9.69 Å². The summed E-state index contributed by atoms with van der Waals surface area (Å²) >= 11 is 1.75. The SMILES string of the molecule is CNC(=O)[C@@H]1CO[C@@H]2CCN(Cc3ccsc3)C[C@@H]2C1. The van der Waals surface area contributed by atoms with E-state index in [1.165, 1.54) is 5.56 Å². The molecule has 5 heteroatoms. The molecule has 0 radical (unpaired) electrons. The average molecular weight is 294 g/mol. The molecule has 3 heterocycles. The molecule has 1 amide bonds. The lowest BCUT2D eigenvalue weighted by Crippen LogP contribution is -2.49. The van der Waals surface area contributed by atoms with Gasteiger partial charge in [-0.1, -0.05) is 0 Å². The molecule has 110 valence electrons. The van der Waals surface area contributed by atoms with Crippen LogP contribution in [0, 0.1) is 11.8 Å². The predicted molar refractivity (Wildman–Crippen MR) is 79.6 cm³/mol. The zero-order chi connectivity index (χ0) is 13.9. The number of nitrogens with zero attached hydrogens (tertiary/aromatic N) is 1. The smallest absolute Gasteiger partial charge is 0.225 e. The van der Waals surface area contributed by atoms with E-state index in [0.717, 1.165) is 32.5 Å². The van der Waals surface area contributed by atoms with Crippen LogP contribution in [0.25, 0.3) is 0 Å². The largest absolute Gasteiger partial charge is 0.377 e. The van der Waals surface area contributed by atoms with Gasteiger partial charge in [0.25, 0.3) is 0 Å². The summed E-state index contributed by atoms with van der Waals surface area (Å²) in [6.45, 7) is 3.76. The van der Waals surface area contributed by atoms with Crippen LogP contribution in [0.1, 0.15) is 18.4 Å². The number of hydrogen-bond donors (Lipinski definition) is 1. The first-order chi connectivity index (χ1) is 9.76. The van der Waals surface area contributed by atoms with E-state index in [1.807, 2.05) is 0 Å². The lowest BCUT2D eigenvalue weighted by Gasteiger charge is -2.43. The maximum Gasteiger partial charge on any atom is 0.225 e. The summed E-state index contributed by atoms with van der Waals surface area (Å²) in [5.41, 5.74) is 1.40. The summed E-state index contributed by atoms with van der Waals surface area (Å²) in [7, 11) is 1.71. The van der Waals surface area contributed by atoms with Crippen LogP contribution in [0.3, 0.4) is 0 Å². The molecule has 0 spiro atoms. The van der Waals surface area contributed by atoms with Crippen LogP contribution in [0.15, 0.2) is 16.8 Å². The number of thiophene rings is 1. The molecule has 2 saturated heterocycles. The Kier molecular flexibility index (Phi) is 4.38. The van der Waals surface area contributed by atoms with Crippen molar-refractivity contribution in [3.05, 3.63) is 22.4 Å². The summed E-state index contributed by atoms with van der Waals surface area (Å²) in [6, 6.07) is 2.20. The minimum atomic E-state index is 0.0300. The van der Waals surface area contributed by atoms with Gasteiger partial charge in [-0.15, -0.1) is 0 Å². The molecule has 2 fully saturated rings. The van der Waals surface area contributed by atoms with Crippen molar-refractivity contribution in [1.29, 1.82) is 0 Å². The molecule has 0 saturated carbocycles. The van der Waals surface area contributed by atoms with E-state index >= 15 is 0 Å². The highest BCUT2D eigenvalue weighted by Gasteiger charge is 2.37. The normalized spacial score (nSPS) is 30.8. The minimum absolute atomic E-state index is 0.0300. The monoisotopic (exact) mass is 294 g/mol. The molecule has 20 heavy (non-hydrogen) atoms. The van der Waals surface area contributed by atoms with Crippen LogP contribution < -0.4 is 5.32 Å². The van der Waals surface area contributed by atoms with Crippen molar-refractivity contribution in [2.45, 2.75) is 25.5 Å². The highest BCUT2D eigenvalue weighted by Crippen LogP contribution is 2.32. The molecule has 0 aromatic carbocycles. The number of piperidine rings is 1. The number of rotatable bonds is 3. The number of likely N-dealkylation sites (tertiary alicyclic amines) is 1. The van der Waals surface area contributed by atoms with Crippen LogP contribution in [-0.4, -0.2) is 43.7 Å². The zero-order valence-electron chi connectivity index (χ0n) is 11.9.